The lowest BCUT2D eigenvalue weighted by Crippen LogP contribution is -2.17. The van der Waals surface area contributed by atoms with Gasteiger partial charge in [-0.2, -0.15) is 0 Å². The number of anilines is 1. The van der Waals surface area contributed by atoms with E-state index in [2.05, 4.69) is 0 Å². The molecule has 0 fully saturated rings. The zero-order valence-electron chi connectivity index (χ0n) is 11.5. The Labute approximate surface area is 122 Å². The SMILES string of the molecule is Nc1c(F)cccc1C(=O)CC1CCOc2ccccc21. The average molecular weight is 285 g/mol. The molecular weight excluding hydrogens is 269 g/mol. The molecule has 0 saturated carbocycles. The second kappa shape index (κ2) is 5.56. The summed E-state index contributed by atoms with van der Waals surface area (Å²) in [6.07, 6.45) is 1.09. The molecule has 3 nitrogen and oxygen atoms in total. The number of hydrogen-bond acceptors (Lipinski definition) is 3. The fraction of sp³-hybridized carbons (Fsp3) is 0.235. The van der Waals surface area contributed by atoms with Gasteiger partial charge in [-0.3, -0.25) is 4.79 Å². The first-order chi connectivity index (χ1) is 10.2. The molecule has 0 amide bonds. The molecule has 1 aliphatic heterocycles. The maximum Gasteiger partial charge on any atom is 0.165 e. The highest BCUT2D eigenvalue weighted by Gasteiger charge is 2.25. The number of Topliss-reactive ketones (excluding diaryl/α,β-unsaturated/α-hetero) is 1. The number of ether oxygens (including phenoxy) is 1. The molecular formula is C17H16FNO2. The maximum absolute atomic E-state index is 13.5. The van der Waals surface area contributed by atoms with E-state index in [9.17, 15) is 9.18 Å². The highest BCUT2D eigenvalue weighted by Crippen LogP contribution is 2.36. The van der Waals surface area contributed by atoms with Crippen molar-refractivity contribution >= 4 is 11.5 Å². The van der Waals surface area contributed by atoms with Gasteiger partial charge in [0.1, 0.15) is 11.6 Å². The van der Waals surface area contributed by atoms with Crippen LogP contribution in [0.2, 0.25) is 0 Å². The van der Waals surface area contributed by atoms with Crippen molar-refractivity contribution in [1.29, 1.82) is 0 Å². The van der Waals surface area contributed by atoms with E-state index in [4.69, 9.17) is 10.5 Å². The Bertz CT molecular complexity index is 684. The number of hydrogen-bond donors (Lipinski definition) is 1. The number of nitrogens with two attached hydrogens (primary N) is 1. The Hall–Kier alpha value is -2.36. The fourth-order valence-electron chi connectivity index (χ4n) is 2.74. The number of nitrogen functional groups attached to an aromatic ring is 1. The van der Waals surface area contributed by atoms with Gasteiger partial charge in [-0.1, -0.05) is 24.3 Å². The summed E-state index contributed by atoms with van der Waals surface area (Å²) in [5.41, 5.74) is 6.89. The fourth-order valence-corrected chi connectivity index (χ4v) is 2.74. The van der Waals surface area contributed by atoms with E-state index in [-0.39, 0.29) is 23.0 Å². The van der Waals surface area contributed by atoms with Gasteiger partial charge in [-0.15, -0.1) is 0 Å². The van der Waals surface area contributed by atoms with Crippen molar-refractivity contribution in [2.45, 2.75) is 18.8 Å². The standard InChI is InChI=1S/C17H16FNO2/c18-14-6-3-5-13(17(14)19)15(20)10-11-8-9-21-16-7-2-1-4-12(11)16/h1-7,11H,8-10,19H2. The zero-order chi connectivity index (χ0) is 14.8. The normalized spacial score (nSPS) is 16.9. The summed E-state index contributed by atoms with van der Waals surface area (Å²) < 4.78 is 19.0. The molecule has 0 spiro atoms. The monoisotopic (exact) mass is 285 g/mol. The highest BCUT2D eigenvalue weighted by molar-refractivity contribution is 6.01. The number of rotatable bonds is 3. The predicted octanol–water partition coefficient (Wildman–Crippen LogP) is 3.55. The summed E-state index contributed by atoms with van der Waals surface area (Å²) in [5.74, 6) is 0.237. The molecule has 2 aromatic carbocycles. The smallest absolute Gasteiger partial charge is 0.165 e. The summed E-state index contributed by atoms with van der Waals surface area (Å²) in [6, 6.07) is 12.1. The van der Waals surface area contributed by atoms with Crippen LogP contribution in [0.3, 0.4) is 0 Å². The van der Waals surface area contributed by atoms with Crippen LogP contribution in [0.4, 0.5) is 10.1 Å². The van der Waals surface area contributed by atoms with Crippen molar-refractivity contribution in [3.63, 3.8) is 0 Å². The van der Waals surface area contributed by atoms with Gasteiger partial charge in [0, 0.05) is 12.0 Å². The summed E-state index contributed by atoms with van der Waals surface area (Å²) in [6.45, 7) is 0.591. The van der Waals surface area contributed by atoms with Gasteiger partial charge in [-0.25, -0.2) is 4.39 Å². The van der Waals surface area contributed by atoms with Crippen LogP contribution in [0, 0.1) is 5.82 Å². The van der Waals surface area contributed by atoms with Gasteiger partial charge in [0.25, 0.3) is 0 Å². The molecule has 0 bridgehead atoms. The summed E-state index contributed by atoms with van der Waals surface area (Å²) in [7, 11) is 0. The van der Waals surface area contributed by atoms with Gasteiger partial charge in [0.2, 0.25) is 0 Å². The molecule has 0 aliphatic carbocycles. The number of carbonyl (C=O) groups excluding carboxylic acids is 1. The van der Waals surface area contributed by atoms with Gasteiger partial charge in [0.15, 0.2) is 5.78 Å². The van der Waals surface area contributed by atoms with Crippen molar-refractivity contribution in [1.82, 2.24) is 0 Å². The van der Waals surface area contributed by atoms with Crippen LogP contribution < -0.4 is 10.5 Å². The molecule has 108 valence electrons. The van der Waals surface area contributed by atoms with Crippen LogP contribution in [0.15, 0.2) is 42.5 Å². The number of fused-ring (bicyclic) bond motifs is 1. The first-order valence-electron chi connectivity index (χ1n) is 6.95. The van der Waals surface area contributed by atoms with E-state index in [1.807, 2.05) is 24.3 Å². The third-order valence-corrected chi connectivity index (χ3v) is 3.87. The Morgan fingerprint density at radius 3 is 2.90 bits per heavy atom. The molecule has 2 N–H and O–H groups in total. The molecule has 1 aliphatic rings. The van der Waals surface area contributed by atoms with Crippen molar-refractivity contribution in [3.05, 3.63) is 59.4 Å². The second-order valence-corrected chi connectivity index (χ2v) is 5.20. The summed E-state index contributed by atoms with van der Waals surface area (Å²) >= 11 is 0. The minimum Gasteiger partial charge on any atom is -0.493 e. The van der Waals surface area contributed by atoms with Crippen molar-refractivity contribution in [3.8, 4) is 5.75 Å². The Kier molecular flexibility index (Phi) is 3.60. The molecule has 3 rings (SSSR count). The van der Waals surface area contributed by atoms with Crippen LogP contribution in [-0.4, -0.2) is 12.4 Å². The van der Waals surface area contributed by atoms with E-state index in [1.165, 1.54) is 12.1 Å². The Balaban J connectivity index is 1.85. The number of benzene rings is 2. The van der Waals surface area contributed by atoms with Crippen LogP contribution in [-0.2, 0) is 0 Å². The zero-order valence-corrected chi connectivity index (χ0v) is 11.5. The average Bonchev–Trinajstić information content (AvgIpc) is 2.50. The minimum atomic E-state index is -0.548. The lowest BCUT2D eigenvalue weighted by molar-refractivity contribution is 0.0966. The lowest BCUT2D eigenvalue weighted by atomic mass is 9.87. The molecule has 21 heavy (non-hydrogen) atoms. The van der Waals surface area contributed by atoms with E-state index < -0.39 is 5.82 Å². The Morgan fingerprint density at radius 1 is 1.24 bits per heavy atom. The van der Waals surface area contributed by atoms with Crippen LogP contribution in [0.5, 0.6) is 5.75 Å². The number of para-hydroxylation sites is 2. The number of halogens is 1. The molecule has 1 unspecified atom stereocenters. The topological polar surface area (TPSA) is 52.3 Å². The lowest BCUT2D eigenvalue weighted by Gasteiger charge is -2.25. The molecule has 1 atom stereocenters. The van der Waals surface area contributed by atoms with Crippen LogP contribution in [0.1, 0.15) is 34.7 Å². The van der Waals surface area contributed by atoms with E-state index in [0.29, 0.717) is 13.0 Å². The quantitative estimate of drug-likeness (QED) is 0.693. The molecule has 0 aromatic heterocycles. The van der Waals surface area contributed by atoms with Crippen molar-refractivity contribution < 1.29 is 13.9 Å². The first-order valence-corrected chi connectivity index (χ1v) is 6.95. The van der Waals surface area contributed by atoms with Gasteiger partial charge in [0.05, 0.1) is 12.3 Å². The van der Waals surface area contributed by atoms with E-state index in [1.54, 1.807) is 6.07 Å². The molecule has 0 saturated heterocycles. The Morgan fingerprint density at radius 2 is 2.05 bits per heavy atom. The van der Waals surface area contributed by atoms with Gasteiger partial charge in [-0.05, 0) is 36.1 Å². The predicted molar refractivity (Wildman–Crippen MR) is 79.1 cm³/mol. The van der Waals surface area contributed by atoms with Crippen molar-refractivity contribution in [2.24, 2.45) is 0 Å². The number of ketones is 1. The van der Waals surface area contributed by atoms with Gasteiger partial charge < -0.3 is 10.5 Å². The van der Waals surface area contributed by atoms with E-state index >= 15 is 0 Å². The third-order valence-electron chi connectivity index (χ3n) is 3.87. The highest BCUT2D eigenvalue weighted by atomic mass is 19.1. The van der Waals surface area contributed by atoms with Crippen LogP contribution >= 0.6 is 0 Å². The van der Waals surface area contributed by atoms with Crippen LogP contribution in [0.25, 0.3) is 0 Å². The molecule has 2 aromatic rings. The van der Waals surface area contributed by atoms with E-state index in [0.717, 1.165) is 17.7 Å². The molecule has 0 radical (unpaired) electrons. The largest absolute Gasteiger partial charge is 0.493 e. The summed E-state index contributed by atoms with van der Waals surface area (Å²) in [5, 5.41) is 0. The molecule has 4 heteroatoms. The van der Waals surface area contributed by atoms with Gasteiger partial charge >= 0.3 is 0 Å². The maximum atomic E-state index is 13.5. The van der Waals surface area contributed by atoms with Crippen molar-refractivity contribution in [2.75, 3.05) is 12.3 Å². The molecule has 1 heterocycles. The minimum absolute atomic E-state index is 0.0668. The second-order valence-electron chi connectivity index (χ2n) is 5.20. The first kappa shape index (κ1) is 13.6. The summed E-state index contributed by atoms with van der Waals surface area (Å²) in [4.78, 5) is 12.4. The number of carbonyl (C=O) groups is 1. The third kappa shape index (κ3) is 2.61.